The van der Waals surface area contributed by atoms with Gasteiger partial charge < -0.3 is 9.67 Å². The van der Waals surface area contributed by atoms with Crippen molar-refractivity contribution < 1.29 is 18.3 Å². The Balaban J connectivity index is 0.00000280. The van der Waals surface area contributed by atoms with E-state index in [1.165, 1.54) is 28.7 Å². The summed E-state index contributed by atoms with van der Waals surface area (Å²) in [5.74, 6) is 0. The maximum Gasteiger partial charge on any atom is 0.416 e. The molecule has 0 aliphatic carbocycles. The smallest absolute Gasteiger partial charge is 0.396 e. The zero-order valence-electron chi connectivity index (χ0n) is 14.4. The van der Waals surface area contributed by atoms with Crippen molar-refractivity contribution in [3.8, 4) is 10.6 Å². The van der Waals surface area contributed by atoms with E-state index in [9.17, 15) is 13.2 Å². The number of unbranched alkanes of at least 4 members (excludes halogenated alkanes) is 1. The molecule has 0 bridgehead atoms. The summed E-state index contributed by atoms with van der Waals surface area (Å²) in [5, 5.41) is 11.0. The quantitative estimate of drug-likeness (QED) is 0.374. The lowest BCUT2D eigenvalue weighted by atomic mass is 10.2. The maximum absolute atomic E-state index is 12.9. The molecule has 0 saturated heterocycles. The van der Waals surface area contributed by atoms with Crippen molar-refractivity contribution in [1.29, 1.82) is 0 Å². The predicted octanol–water partition coefficient (Wildman–Crippen LogP) is 6.53. The molecule has 0 radical (unpaired) electrons. The second-order valence-electron chi connectivity index (χ2n) is 5.75. The van der Waals surface area contributed by atoms with Gasteiger partial charge in [0.05, 0.1) is 26.2 Å². The number of alkyl halides is 3. The molecule has 28 heavy (non-hydrogen) atoms. The van der Waals surface area contributed by atoms with Crippen LogP contribution in [-0.4, -0.2) is 16.3 Å². The molecule has 0 amide bonds. The van der Waals surface area contributed by atoms with Crippen LogP contribution in [0.15, 0.2) is 46.8 Å². The number of nitrogens with zero attached hydrogens (tertiary/aromatic N) is 2. The van der Waals surface area contributed by atoms with Crippen LogP contribution in [-0.2, 0) is 12.7 Å². The molecule has 0 saturated carbocycles. The number of halogens is 5. The SMILES string of the molecule is Br.OCCCCn1c(-c2ccc(Cl)s2)csc1=Nc1cccc(C(F)(F)F)c1. The summed E-state index contributed by atoms with van der Waals surface area (Å²) in [6.45, 7) is 0.692. The average molecular weight is 514 g/mol. The van der Waals surface area contributed by atoms with Gasteiger partial charge in [0.2, 0.25) is 0 Å². The first-order valence-corrected chi connectivity index (χ1v) is 10.2. The number of aromatic nitrogens is 1. The topological polar surface area (TPSA) is 37.5 Å². The Kier molecular flexibility index (Phi) is 8.32. The van der Waals surface area contributed by atoms with Crippen LogP contribution in [0.3, 0.4) is 0 Å². The Labute approximate surface area is 183 Å². The third kappa shape index (κ3) is 5.70. The van der Waals surface area contributed by atoms with Gasteiger partial charge in [-0.25, -0.2) is 4.99 Å². The van der Waals surface area contributed by atoms with E-state index in [4.69, 9.17) is 16.7 Å². The summed E-state index contributed by atoms with van der Waals surface area (Å²) in [7, 11) is 0. The Hall–Kier alpha value is -1.13. The van der Waals surface area contributed by atoms with E-state index in [1.807, 2.05) is 16.0 Å². The van der Waals surface area contributed by atoms with E-state index in [0.717, 1.165) is 29.1 Å². The molecular weight excluding hydrogens is 497 g/mol. The van der Waals surface area contributed by atoms with Crippen LogP contribution in [0.1, 0.15) is 18.4 Å². The Morgan fingerprint density at radius 3 is 2.57 bits per heavy atom. The zero-order chi connectivity index (χ0) is 19.4. The largest absolute Gasteiger partial charge is 0.416 e. The molecule has 0 spiro atoms. The maximum atomic E-state index is 12.9. The standard InChI is InChI=1S/C18H16ClF3N2OS2.BrH/c19-16-7-6-15(27-16)14-11-26-17(24(14)8-1-2-9-25)23-13-5-3-4-12(10-13)18(20,21)22;/h3-7,10-11,25H,1-2,8-9H2;1H. The van der Waals surface area contributed by atoms with Crippen LogP contribution in [0.5, 0.6) is 0 Å². The molecule has 0 atom stereocenters. The van der Waals surface area contributed by atoms with Gasteiger partial charge in [-0.2, -0.15) is 13.2 Å². The molecule has 2 aromatic heterocycles. The van der Waals surface area contributed by atoms with Gasteiger partial charge in [0.25, 0.3) is 0 Å². The lowest BCUT2D eigenvalue weighted by molar-refractivity contribution is -0.137. The van der Waals surface area contributed by atoms with Crippen molar-refractivity contribution >= 4 is 56.9 Å². The van der Waals surface area contributed by atoms with Gasteiger partial charge in [0.1, 0.15) is 0 Å². The van der Waals surface area contributed by atoms with Crippen LogP contribution >= 0.6 is 51.3 Å². The van der Waals surface area contributed by atoms with Crippen molar-refractivity contribution in [3.05, 3.63) is 56.5 Å². The fraction of sp³-hybridized carbons (Fsp3) is 0.278. The van der Waals surface area contributed by atoms with Gasteiger partial charge in [0.15, 0.2) is 4.80 Å². The number of thiophene rings is 1. The van der Waals surface area contributed by atoms with Crippen LogP contribution in [0.4, 0.5) is 18.9 Å². The fourth-order valence-corrected chi connectivity index (χ4v) is 4.62. The van der Waals surface area contributed by atoms with Gasteiger partial charge in [0, 0.05) is 18.5 Å². The van der Waals surface area contributed by atoms with Crippen molar-refractivity contribution in [2.75, 3.05) is 6.61 Å². The van der Waals surface area contributed by atoms with Crippen LogP contribution < -0.4 is 4.80 Å². The monoisotopic (exact) mass is 512 g/mol. The van der Waals surface area contributed by atoms with Crippen molar-refractivity contribution in [3.63, 3.8) is 0 Å². The van der Waals surface area contributed by atoms with Crippen molar-refractivity contribution in [2.24, 2.45) is 4.99 Å². The first-order valence-electron chi connectivity index (χ1n) is 8.15. The molecule has 0 fully saturated rings. The molecule has 1 N–H and O–H groups in total. The number of hydrogen-bond donors (Lipinski definition) is 1. The van der Waals surface area contributed by atoms with Crippen molar-refractivity contribution in [1.82, 2.24) is 4.57 Å². The molecule has 0 aliphatic heterocycles. The highest BCUT2D eigenvalue weighted by molar-refractivity contribution is 8.93. The zero-order valence-corrected chi connectivity index (χ0v) is 18.6. The summed E-state index contributed by atoms with van der Waals surface area (Å²) in [4.78, 5) is 6.00. The Morgan fingerprint density at radius 2 is 1.93 bits per heavy atom. The van der Waals surface area contributed by atoms with E-state index in [0.29, 0.717) is 22.1 Å². The lowest BCUT2D eigenvalue weighted by Crippen LogP contribution is -2.16. The van der Waals surface area contributed by atoms with Gasteiger partial charge in [-0.05, 0) is 43.2 Å². The fourth-order valence-electron chi connectivity index (χ4n) is 2.53. The number of rotatable bonds is 6. The minimum absolute atomic E-state index is 0. The molecule has 0 unspecified atom stereocenters. The summed E-state index contributed by atoms with van der Waals surface area (Å²) >= 11 is 8.83. The van der Waals surface area contributed by atoms with Crippen LogP contribution in [0, 0.1) is 0 Å². The highest BCUT2D eigenvalue weighted by Gasteiger charge is 2.30. The molecular formula is C18H17BrClF3N2OS2. The molecule has 0 aliphatic rings. The summed E-state index contributed by atoms with van der Waals surface area (Å²) < 4.78 is 41.4. The van der Waals surface area contributed by atoms with Gasteiger partial charge >= 0.3 is 6.18 Å². The Morgan fingerprint density at radius 1 is 1.14 bits per heavy atom. The van der Waals surface area contributed by atoms with Crippen molar-refractivity contribution in [2.45, 2.75) is 25.6 Å². The van der Waals surface area contributed by atoms with E-state index in [2.05, 4.69) is 4.99 Å². The highest BCUT2D eigenvalue weighted by atomic mass is 79.9. The third-order valence-corrected chi connectivity index (χ3v) is 5.93. The van der Waals surface area contributed by atoms with Crippen LogP contribution in [0.25, 0.3) is 10.6 Å². The molecule has 10 heteroatoms. The average Bonchev–Trinajstić information content (AvgIpc) is 3.21. The molecule has 1 aromatic carbocycles. The number of aliphatic hydroxyl groups excluding tert-OH is 1. The summed E-state index contributed by atoms with van der Waals surface area (Å²) in [6, 6.07) is 8.69. The van der Waals surface area contributed by atoms with Crippen LogP contribution in [0.2, 0.25) is 4.34 Å². The highest BCUT2D eigenvalue weighted by Crippen LogP contribution is 2.33. The number of benzene rings is 1. The van der Waals surface area contributed by atoms with E-state index in [-0.39, 0.29) is 29.3 Å². The van der Waals surface area contributed by atoms with Gasteiger partial charge in [-0.15, -0.1) is 39.7 Å². The molecule has 3 nitrogen and oxygen atoms in total. The van der Waals surface area contributed by atoms with Gasteiger partial charge in [-0.1, -0.05) is 17.7 Å². The minimum atomic E-state index is -4.41. The summed E-state index contributed by atoms with van der Waals surface area (Å²) in [5.41, 5.74) is 0.441. The third-order valence-electron chi connectivity index (χ3n) is 3.81. The van der Waals surface area contributed by atoms with Gasteiger partial charge in [-0.3, -0.25) is 0 Å². The molecule has 3 rings (SSSR count). The first kappa shape index (κ1) is 23.2. The second kappa shape index (κ2) is 10.1. The van der Waals surface area contributed by atoms with E-state index >= 15 is 0 Å². The van der Waals surface area contributed by atoms with E-state index < -0.39 is 11.7 Å². The number of thiazole rings is 1. The molecule has 3 aromatic rings. The predicted molar refractivity (Wildman–Crippen MR) is 114 cm³/mol. The number of aliphatic hydroxyl groups is 1. The first-order chi connectivity index (χ1) is 12.9. The summed E-state index contributed by atoms with van der Waals surface area (Å²) in [6.07, 6.45) is -3.04. The molecule has 152 valence electrons. The normalized spacial score (nSPS) is 12.2. The second-order valence-corrected chi connectivity index (χ2v) is 8.30. The Bertz CT molecular complexity index is 982. The lowest BCUT2D eigenvalue weighted by Gasteiger charge is -2.08. The van der Waals surface area contributed by atoms with E-state index in [1.54, 1.807) is 12.1 Å². The molecule has 2 heterocycles. The number of hydrogen-bond acceptors (Lipinski definition) is 4. The minimum Gasteiger partial charge on any atom is -0.396 e.